The number of halogens is 3. The van der Waals surface area contributed by atoms with Crippen LogP contribution in [0.1, 0.15) is 34.7 Å². The Morgan fingerprint density at radius 2 is 1.77 bits per heavy atom. The SMILES string of the molecule is CN1CCc2cc3c(cc2C1CCc1ccc(C(F)(F)F)cc1)OCO3. The van der Waals surface area contributed by atoms with Crippen LogP contribution < -0.4 is 9.47 Å². The Labute approximate surface area is 150 Å². The van der Waals surface area contributed by atoms with E-state index in [2.05, 4.69) is 24.1 Å². The van der Waals surface area contributed by atoms with Crippen molar-refractivity contribution in [1.29, 1.82) is 0 Å². The summed E-state index contributed by atoms with van der Waals surface area (Å²) < 4.78 is 49.1. The maximum absolute atomic E-state index is 12.7. The van der Waals surface area contributed by atoms with Crippen molar-refractivity contribution in [2.45, 2.75) is 31.5 Å². The number of likely N-dealkylation sites (N-methyl/N-ethyl adjacent to an activating group) is 1. The highest BCUT2D eigenvalue weighted by atomic mass is 19.4. The van der Waals surface area contributed by atoms with Gasteiger partial charge in [-0.05, 0) is 67.3 Å². The van der Waals surface area contributed by atoms with E-state index < -0.39 is 11.7 Å². The topological polar surface area (TPSA) is 21.7 Å². The lowest BCUT2D eigenvalue weighted by Gasteiger charge is -2.35. The van der Waals surface area contributed by atoms with Crippen molar-refractivity contribution in [2.75, 3.05) is 20.4 Å². The van der Waals surface area contributed by atoms with Crippen LogP contribution >= 0.6 is 0 Å². The summed E-state index contributed by atoms with van der Waals surface area (Å²) in [4.78, 5) is 2.30. The molecule has 0 amide bonds. The molecular weight excluding hydrogens is 343 g/mol. The van der Waals surface area contributed by atoms with Gasteiger partial charge in [0.15, 0.2) is 11.5 Å². The molecule has 0 N–H and O–H groups in total. The molecule has 3 nitrogen and oxygen atoms in total. The van der Waals surface area contributed by atoms with Gasteiger partial charge in [-0.2, -0.15) is 13.2 Å². The second-order valence-electron chi connectivity index (χ2n) is 6.88. The molecule has 2 aromatic carbocycles. The highest BCUT2D eigenvalue weighted by molar-refractivity contribution is 5.50. The normalized spacial score (nSPS) is 19.5. The van der Waals surface area contributed by atoms with Crippen LogP contribution in [-0.2, 0) is 19.0 Å². The molecule has 0 aromatic heterocycles. The van der Waals surface area contributed by atoms with Gasteiger partial charge in [0.05, 0.1) is 5.56 Å². The summed E-state index contributed by atoms with van der Waals surface area (Å²) in [5, 5.41) is 0. The third-order valence-electron chi connectivity index (χ3n) is 5.25. The molecule has 4 rings (SSSR count). The molecule has 0 fully saturated rings. The molecule has 2 heterocycles. The predicted octanol–water partition coefficient (Wildman–Crippen LogP) is 4.60. The molecule has 26 heavy (non-hydrogen) atoms. The van der Waals surface area contributed by atoms with Crippen molar-refractivity contribution in [3.8, 4) is 11.5 Å². The van der Waals surface area contributed by atoms with E-state index in [-0.39, 0.29) is 12.8 Å². The Morgan fingerprint density at radius 3 is 2.46 bits per heavy atom. The number of benzene rings is 2. The Kier molecular flexibility index (Phi) is 4.31. The van der Waals surface area contributed by atoms with E-state index in [1.54, 1.807) is 12.1 Å². The summed E-state index contributed by atoms with van der Waals surface area (Å²) in [6.07, 6.45) is -1.77. The number of hydrogen-bond acceptors (Lipinski definition) is 3. The molecule has 0 aliphatic carbocycles. The van der Waals surface area contributed by atoms with Crippen LogP contribution in [0.5, 0.6) is 11.5 Å². The van der Waals surface area contributed by atoms with Gasteiger partial charge < -0.3 is 9.47 Å². The third kappa shape index (κ3) is 3.26. The van der Waals surface area contributed by atoms with Crippen LogP contribution in [0.3, 0.4) is 0 Å². The van der Waals surface area contributed by atoms with Crippen molar-refractivity contribution in [3.05, 3.63) is 58.7 Å². The van der Waals surface area contributed by atoms with Gasteiger partial charge in [-0.3, -0.25) is 4.90 Å². The summed E-state index contributed by atoms with van der Waals surface area (Å²) in [7, 11) is 2.09. The number of ether oxygens (including phenoxy) is 2. The minimum atomic E-state index is -4.29. The van der Waals surface area contributed by atoms with E-state index in [0.717, 1.165) is 55.0 Å². The van der Waals surface area contributed by atoms with Gasteiger partial charge in [-0.15, -0.1) is 0 Å². The standard InChI is InChI=1S/C20H20F3NO2/c1-24-9-8-14-10-18-19(26-12-25-18)11-16(14)17(24)7-4-13-2-5-15(6-3-13)20(21,22)23/h2-3,5-6,10-11,17H,4,7-9,12H2,1H3. The van der Waals surface area contributed by atoms with E-state index in [9.17, 15) is 13.2 Å². The number of nitrogens with zero attached hydrogens (tertiary/aromatic N) is 1. The highest BCUT2D eigenvalue weighted by Crippen LogP contribution is 2.41. The Balaban J connectivity index is 1.52. The number of alkyl halides is 3. The molecule has 0 radical (unpaired) electrons. The predicted molar refractivity (Wildman–Crippen MR) is 91.4 cm³/mol. The molecule has 0 saturated carbocycles. The summed E-state index contributed by atoms with van der Waals surface area (Å²) in [5.74, 6) is 1.58. The van der Waals surface area contributed by atoms with Crippen LogP contribution in [-0.4, -0.2) is 25.3 Å². The Hall–Kier alpha value is -2.21. The first-order chi connectivity index (χ1) is 12.4. The fourth-order valence-electron chi connectivity index (χ4n) is 3.76. The summed E-state index contributed by atoms with van der Waals surface area (Å²) in [5.41, 5.74) is 2.81. The van der Waals surface area contributed by atoms with Crippen molar-refractivity contribution < 1.29 is 22.6 Å². The van der Waals surface area contributed by atoms with Gasteiger partial charge in [0.1, 0.15) is 0 Å². The average Bonchev–Trinajstić information content (AvgIpc) is 3.06. The number of aryl methyl sites for hydroxylation is 1. The maximum Gasteiger partial charge on any atom is 0.416 e. The minimum Gasteiger partial charge on any atom is -0.454 e. The van der Waals surface area contributed by atoms with Gasteiger partial charge in [-0.1, -0.05) is 12.1 Å². The summed E-state index contributed by atoms with van der Waals surface area (Å²) >= 11 is 0. The molecule has 2 aromatic rings. The number of hydrogen-bond donors (Lipinski definition) is 0. The van der Waals surface area contributed by atoms with E-state index in [1.165, 1.54) is 11.1 Å². The maximum atomic E-state index is 12.7. The van der Waals surface area contributed by atoms with Gasteiger partial charge in [0.2, 0.25) is 6.79 Å². The van der Waals surface area contributed by atoms with Crippen LogP contribution in [0.25, 0.3) is 0 Å². The molecule has 0 bridgehead atoms. The van der Waals surface area contributed by atoms with Crippen LogP contribution in [0.2, 0.25) is 0 Å². The largest absolute Gasteiger partial charge is 0.454 e. The molecule has 138 valence electrons. The van der Waals surface area contributed by atoms with Crippen LogP contribution in [0.4, 0.5) is 13.2 Å². The lowest BCUT2D eigenvalue weighted by molar-refractivity contribution is -0.137. The molecule has 1 unspecified atom stereocenters. The fourth-order valence-corrected chi connectivity index (χ4v) is 3.76. The van der Waals surface area contributed by atoms with E-state index in [1.807, 2.05) is 0 Å². The van der Waals surface area contributed by atoms with E-state index in [4.69, 9.17) is 9.47 Å². The summed E-state index contributed by atoms with van der Waals surface area (Å²) in [6, 6.07) is 9.81. The molecule has 6 heteroatoms. The minimum absolute atomic E-state index is 0.218. The number of rotatable bonds is 3. The monoisotopic (exact) mass is 363 g/mol. The second-order valence-corrected chi connectivity index (χ2v) is 6.88. The van der Waals surface area contributed by atoms with E-state index in [0.29, 0.717) is 0 Å². The van der Waals surface area contributed by atoms with Crippen molar-refractivity contribution in [2.24, 2.45) is 0 Å². The van der Waals surface area contributed by atoms with E-state index >= 15 is 0 Å². The Bertz CT molecular complexity index is 802. The highest BCUT2D eigenvalue weighted by Gasteiger charge is 2.30. The lowest BCUT2D eigenvalue weighted by atomic mass is 9.89. The average molecular weight is 363 g/mol. The first-order valence-corrected chi connectivity index (χ1v) is 8.70. The zero-order valence-electron chi connectivity index (χ0n) is 14.5. The molecule has 0 spiro atoms. The Morgan fingerprint density at radius 1 is 1.08 bits per heavy atom. The number of fused-ring (bicyclic) bond motifs is 2. The van der Waals surface area contributed by atoms with Crippen LogP contribution in [0, 0.1) is 0 Å². The first kappa shape index (κ1) is 17.2. The smallest absolute Gasteiger partial charge is 0.416 e. The quantitative estimate of drug-likeness (QED) is 0.796. The fraction of sp³-hybridized carbons (Fsp3) is 0.400. The van der Waals surface area contributed by atoms with Crippen molar-refractivity contribution in [1.82, 2.24) is 4.90 Å². The second kappa shape index (κ2) is 6.50. The zero-order valence-corrected chi connectivity index (χ0v) is 14.5. The van der Waals surface area contributed by atoms with Gasteiger partial charge in [0, 0.05) is 12.6 Å². The lowest BCUT2D eigenvalue weighted by Crippen LogP contribution is -2.32. The molecule has 2 aliphatic rings. The van der Waals surface area contributed by atoms with Gasteiger partial charge >= 0.3 is 6.18 Å². The van der Waals surface area contributed by atoms with Crippen molar-refractivity contribution in [3.63, 3.8) is 0 Å². The van der Waals surface area contributed by atoms with Gasteiger partial charge in [0.25, 0.3) is 0 Å². The van der Waals surface area contributed by atoms with Crippen LogP contribution in [0.15, 0.2) is 36.4 Å². The van der Waals surface area contributed by atoms with Crippen molar-refractivity contribution >= 4 is 0 Å². The molecular formula is C20H20F3NO2. The third-order valence-corrected chi connectivity index (χ3v) is 5.25. The first-order valence-electron chi connectivity index (χ1n) is 8.70. The molecule has 2 aliphatic heterocycles. The molecule has 1 atom stereocenters. The van der Waals surface area contributed by atoms with Gasteiger partial charge in [-0.25, -0.2) is 0 Å². The molecule has 0 saturated heterocycles. The zero-order chi connectivity index (χ0) is 18.3. The summed E-state index contributed by atoms with van der Waals surface area (Å²) in [6.45, 7) is 1.20.